The van der Waals surface area contributed by atoms with E-state index in [1.165, 1.54) is 54.4 Å². The number of benzene rings is 2. The van der Waals surface area contributed by atoms with Gasteiger partial charge in [0.2, 0.25) is 0 Å². The van der Waals surface area contributed by atoms with Gasteiger partial charge in [-0.1, -0.05) is 43.5 Å². The largest absolute Gasteiger partial charge is 0.495 e. The van der Waals surface area contributed by atoms with Gasteiger partial charge in [0.05, 0.1) is 22.8 Å². The third-order valence-corrected chi connectivity index (χ3v) is 7.76. The average molecular weight is 385 g/mol. The SMILES string of the molecule is CC1(C)OB(c2cccc3c2-c2cc(C#N)ccc2C32CCCCC2)OC1(C)C. The van der Waals surface area contributed by atoms with Crippen LogP contribution in [0.3, 0.4) is 0 Å². The molecular weight excluding hydrogens is 357 g/mol. The summed E-state index contributed by atoms with van der Waals surface area (Å²) >= 11 is 0. The third kappa shape index (κ3) is 2.57. The van der Waals surface area contributed by atoms with Crippen molar-refractivity contribution >= 4 is 12.6 Å². The normalized spacial score (nSPS) is 22.9. The molecule has 0 amide bonds. The molecule has 2 fully saturated rings. The van der Waals surface area contributed by atoms with Gasteiger partial charge in [0, 0.05) is 5.41 Å². The first kappa shape index (κ1) is 18.9. The Bertz CT molecular complexity index is 1010. The lowest BCUT2D eigenvalue weighted by molar-refractivity contribution is 0.00578. The van der Waals surface area contributed by atoms with Crippen molar-refractivity contribution in [1.29, 1.82) is 5.26 Å². The molecule has 2 aromatic carbocycles. The molecule has 29 heavy (non-hydrogen) atoms. The molecule has 0 radical (unpaired) electrons. The van der Waals surface area contributed by atoms with Crippen LogP contribution in [0.4, 0.5) is 0 Å². The lowest BCUT2D eigenvalue weighted by Gasteiger charge is -2.36. The first-order valence-electron chi connectivity index (χ1n) is 10.8. The van der Waals surface area contributed by atoms with Crippen molar-refractivity contribution in [3.8, 4) is 17.2 Å². The van der Waals surface area contributed by atoms with Crippen LogP contribution in [0.1, 0.15) is 76.5 Å². The fourth-order valence-electron chi connectivity index (χ4n) is 5.51. The summed E-state index contributed by atoms with van der Waals surface area (Å²) in [6.45, 7) is 8.39. The van der Waals surface area contributed by atoms with Crippen molar-refractivity contribution in [2.24, 2.45) is 0 Å². The number of fused-ring (bicyclic) bond motifs is 5. The van der Waals surface area contributed by atoms with Gasteiger partial charge < -0.3 is 9.31 Å². The van der Waals surface area contributed by atoms with Crippen LogP contribution in [-0.2, 0) is 14.7 Å². The Morgan fingerprint density at radius 2 is 1.59 bits per heavy atom. The van der Waals surface area contributed by atoms with Crippen LogP contribution in [0.15, 0.2) is 36.4 Å². The first-order valence-corrected chi connectivity index (χ1v) is 10.8. The Hall–Kier alpha value is -2.09. The maximum Gasteiger partial charge on any atom is 0.495 e. The summed E-state index contributed by atoms with van der Waals surface area (Å²) in [7, 11) is -0.396. The minimum Gasteiger partial charge on any atom is -0.399 e. The van der Waals surface area contributed by atoms with E-state index >= 15 is 0 Å². The third-order valence-electron chi connectivity index (χ3n) is 7.76. The lowest BCUT2D eigenvalue weighted by atomic mass is 9.66. The highest BCUT2D eigenvalue weighted by Crippen LogP contribution is 2.55. The highest BCUT2D eigenvalue weighted by atomic mass is 16.7. The molecule has 148 valence electrons. The molecule has 0 aromatic heterocycles. The zero-order chi connectivity index (χ0) is 20.4. The highest BCUT2D eigenvalue weighted by Gasteiger charge is 2.54. The minimum atomic E-state index is -0.396. The Morgan fingerprint density at radius 3 is 2.24 bits per heavy atom. The van der Waals surface area contributed by atoms with Gasteiger partial charge >= 0.3 is 7.12 Å². The first-order chi connectivity index (χ1) is 13.8. The molecule has 0 bridgehead atoms. The number of rotatable bonds is 1. The molecule has 0 unspecified atom stereocenters. The maximum absolute atomic E-state index is 9.54. The van der Waals surface area contributed by atoms with Gasteiger partial charge in [-0.3, -0.25) is 0 Å². The number of nitriles is 1. The quantitative estimate of drug-likeness (QED) is 0.643. The summed E-state index contributed by atoms with van der Waals surface area (Å²) in [5, 5.41) is 9.54. The molecule has 1 saturated heterocycles. The molecule has 0 N–H and O–H groups in total. The van der Waals surface area contributed by atoms with Gasteiger partial charge in [0.1, 0.15) is 0 Å². The van der Waals surface area contributed by atoms with Crippen LogP contribution in [0, 0.1) is 11.3 Å². The van der Waals surface area contributed by atoms with Crippen LogP contribution in [0.25, 0.3) is 11.1 Å². The van der Waals surface area contributed by atoms with E-state index in [1.807, 2.05) is 6.07 Å². The van der Waals surface area contributed by atoms with Crippen molar-refractivity contribution in [3.05, 3.63) is 53.1 Å². The molecule has 4 heteroatoms. The average Bonchev–Trinajstić information content (AvgIpc) is 3.09. The minimum absolute atomic E-state index is 0.0660. The van der Waals surface area contributed by atoms with Crippen LogP contribution >= 0.6 is 0 Å². The molecule has 0 atom stereocenters. The van der Waals surface area contributed by atoms with E-state index in [2.05, 4.69) is 64.1 Å². The zero-order valence-corrected chi connectivity index (χ0v) is 17.8. The maximum atomic E-state index is 9.54. The predicted octanol–water partition coefficient (Wildman–Crippen LogP) is 5.09. The monoisotopic (exact) mass is 385 g/mol. The smallest absolute Gasteiger partial charge is 0.399 e. The van der Waals surface area contributed by atoms with E-state index in [1.54, 1.807) is 0 Å². The Morgan fingerprint density at radius 1 is 0.897 bits per heavy atom. The summed E-state index contributed by atoms with van der Waals surface area (Å²) in [4.78, 5) is 0. The van der Waals surface area contributed by atoms with Gasteiger partial charge in [0.25, 0.3) is 0 Å². The summed E-state index contributed by atoms with van der Waals surface area (Å²) < 4.78 is 12.9. The van der Waals surface area contributed by atoms with Crippen LogP contribution in [-0.4, -0.2) is 18.3 Å². The molecule has 5 rings (SSSR count). The van der Waals surface area contributed by atoms with Crippen molar-refractivity contribution in [1.82, 2.24) is 0 Å². The topological polar surface area (TPSA) is 42.2 Å². The molecule has 1 heterocycles. The Balaban J connectivity index is 1.73. The fraction of sp³-hybridized carbons (Fsp3) is 0.480. The van der Waals surface area contributed by atoms with Gasteiger partial charge in [-0.15, -0.1) is 0 Å². The summed E-state index contributed by atoms with van der Waals surface area (Å²) in [6, 6.07) is 15.2. The van der Waals surface area contributed by atoms with E-state index in [0.29, 0.717) is 5.56 Å². The van der Waals surface area contributed by atoms with Crippen LogP contribution in [0.2, 0.25) is 0 Å². The molecule has 2 aromatic rings. The second kappa shape index (κ2) is 6.21. The van der Waals surface area contributed by atoms with E-state index in [0.717, 1.165) is 5.46 Å². The van der Waals surface area contributed by atoms with E-state index < -0.39 is 7.12 Å². The molecule has 1 aliphatic heterocycles. The Labute approximate surface area is 174 Å². The van der Waals surface area contributed by atoms with Gasteiger partial charge in [-0.2, -0.15) is 5.26 Å². The fourth-order valence-corrected chi connectivity index (χ4v) is 5.51. The molecule has 1 saturated carbocycles. The van der Waals surface area contributed by atoms with Crippen molar-refractivity contribution in [3.63, 3.8) is 0 Å². The predicted molar refractivity (Wildman–Crippen MR) is 116 cm³/mol. The number of hydrogen-bond donors (Lipinski definition) is 0. The van der Waals surface area contributed by atoms with Gasteiger partial charge in [-0.05, 0) is 80.4 Å². The van der Waals surface area contributed by atoms with Gasteiger partial charge in [0.15, 0.2) is 0 Å². The zero-order valence-electron chi connectivity index (χ0n) is 17.8. The Kier molecular flexibility index (Phi) is 4.05. The molecular formula is C25H28BNO2. The second-order valence-electron chi connectivity index (χ2n) is 9.87. The highest BCUT2D eigenvalue weighted by molar-refractivity contribution is 6.64. The van der Waals surface area contributed by atoms with Gasteiger partial charge in [-0.25, -0.2) is 0 Å². The molecule has 3 aliphatic rings. The summed E-state index contributed by atoms with van der Waals surface area (Å²) in [5.74, 6) is 0. The second-order valence-corrected chi connectivity index (χ2v) is 9.87. The van der Waals surface area contributed by atoms with Crippen LogP contribution < -0.4 is 5.46 Å². The molecule has 1 spiro atoms. The lowest BCUT2D eigenvalue weighted by Crippen LogP contribution is -2.41. The molecule has 3 nitrogen and oxygen atoms in total. The van der Waals surface area contributed by atoms with Crippen molar-refractivity contribution in [2.75, 3.05) is 0 Å². The van der Waals surface area contributed by atoms with E-state index in [4.69, 9.17) is 9.31 Å². The van der Waals surface area contributed by atoms with Crippen molar-refractivity contribution in [2.45, 2.75) is 76.4 Å². The summed E-state index contributed by atoms with van der Waals surface area (Å²) in [5.41, 5.74) is 6.34. The van der Waals surface area contributed by atoms with Crippen molar-refractivity contribution < 1.29 is 9.31 Å². The number of hydrogen-bond acceptors (Lipinski definition) is 3. The molecule has 2 aliphatic carbocycles. The van der Waals surface area contributed by atoms with E-state index in [9.17, 15) is 5.26 Å². The standard InChI is InChI=1S/C25H28BNO2/c1-23(2)24(3,4)29-26(28-23)21-10-8-9-20-22(21)18-15-17(16-27)11-12-19(18)25(20)13-6-5-7-14-25/h8-12,15H,5-7,13-14H2,1-4H3. The van der Waals surface area contributed by atoms with E-state index in [-0.39, 0.29) is 16.6 Å². The summed E-state index contributed by atoms with van der Waals surface area (Å²) in [6.07, 6.45) is 6.15. The van der Waals surface area contributed by atoms with Crippen LogP contribution in [0.5, 0.6) is 0 Å². The number of nitrogens with zero attached hydrogens (tertiary/aromatic N) is 1.